The molecule has 1 heterocycles. The third-order valence-corrected chi connectivity index (χ3v) is 4.82. The number of nitrogens with one attached hydrogen (secondary N) is 2. The Hall–Kier alpha value is -2.29. The Kier molecular flexibility index (Phi) is 6.02. The van der Waals surface area contributed by atoms with Gasteiger partial charge in [-0.1, -0.05) is 6.07 Å². The number of amides is 1. The number of methoxy groups -OCH3 is 1. The SMILES string of the molecule is CNC(=O)c1ccc(S(=O)(=O)NC(COC)c2ccccn2)cc1. The molecule has 0 spiro atoms. The Labute approximate surface area is 141 Å². The van der Waals surface area contributed by atoms with E-state index in [0.29, 0.717) is 11.3 Å². The van der Waals surface area contributed by atoms with E-state index < -0.39 is 16.1 Å². The number of hydrogen-bond acceptors (Lipinski definition) is 5. The molecule has 0 bridgehead atoms. The molecule has 0 aliphatic rings. The largest absolute Gasteiger partial charge is 0.383 e. The molecule has 0 aliphatic heterocycles. The second-order valence-corrected chi connectivity index (χ2v) is 6.70. The van der Waals surface area contributed by atoms with Crippen LogP contribution in [0.1, 0.15) is 22.1 Å². The van der Waals surface area contributed by atoms with Gasteiger partial charge >= 0.3 is 0 Å². The topological polar surface area (TPSA) is 97.4 Å². The second kappa shape index (κ2) is 8.00. The first-order valence-corrected chi connectivity index (χ1v) is 8.70. The molecule has 2 rings (SSSR count). The molecule has 0 saturated carbocycles. The second-order valence-electron chi connectivity index (χ2n) is 4.99. The summed E-state index contributed by atoms with van der Waals surface area (Å²) in [5.74, 6) is -0.280. The van der Waals surface area contributed by atoms with E-state index >= 15 is 0 Å². The number of carbonyl (C=O) groups is 1. The molecule has 8 heteroatoms. The van der Waals surface area contributed by atoms with Crippen molar-refractivity contribution in [2.24, 2.45) is 0 Å². The highest BCUT2D eigenvalue weighted by Crippen LogP contribution is 2.16. The predicted molar refractivity (Wildman–Crippen MR) is 89.0 cm³/mol. The number of aromatic nitrogens is 1. The Morgan fingerprint density at radius 2 is 1.92 bits per heavy atom. The number of ether oxygens (including phenoxy) is 1. The lowest BCUT2D eigenvalue weighted by Gasteiger charge is -2.17. The summed E-state index contributed by atoms with van der Waals surface area (Å²) in [4.78, 5) is 15.7. The van der Waals surface area contributed by atoms with E-state index in [1.807, 2.05) is 0 Å². The number of benzene rings is 1. The standard InChI is InChI=1S/C16H19N3O4S/c1-17-16(20)12-6-8-13(9-7-12)24(21,22)19-15(11-23-2)14-5-3-4-10-18-14/h3-10,15,19H,11H2,1-2H3,(H,17,20). The van der Waals surface area contributed by atoms with E-state index in [2.05, 4.69) is 15.0 Å². The van der Waals surface area contributed by atoms with E-state index in [1.54, 1.807) is 24.4 Å². The first-order valence-electron chi connectivity index (χ1n) is 7.22. The van der Waals surface area contributed by atoms with Crippen LogP contribution in [-0.4, -0.2) is 40.1 Å². The molecule has 1 aromatic carbocycles. The fourth-order valence-corrected chi connectivity index (χ4v) is 3.31. The summed E-state index contributed by atoms with van der Waals surface area (Å²) in [5.41, 5.74) is 0.944. The number of carbonyl (C=O) groups excluding carboxylic acids is 1. The van der Waals surface area contributed by atoms with Gasteiger partial charge in [-0.15, -0.1) is 0 Å². The summed E-state index contributed by atoms with van der Waals surface area (Å²) in [6.45, 7) is 0.145. The first-order chi connectivity index (χ1) is 11.5. The number of nitrogens with zero attached hydrogens (tertiary/aromatic N) is 1. The minimum absolute atomic E-state index is 0.0622. The molecule has 2 aromatic rings. The van der Waals surface area contributed by atoms with Gasteiger partial charge in [0.25, 0.3) is 5.91 Å². The Morgan fingerprint density at radius 3 is 2.46 bits per heavy atom. The fraction of sp³-hybridized carbons (Fsp3) is 0.250. The van der Waals surface area contributed by atoms with Crippen LogP contribution in [0.15, 0.2) is 53.6 Å². The van der Waals surface area contributed by atoms with E-state index in [4.69, 9.17) is 4.74 Å². The van der Waals surface area contributed by atoms with Crippen molar-refractivity contribution in [3.8, 4) is 0 Å². The van der Waals surface area contributed by atoms with Crippen LogP contribution in [0.5, 0.6) is 0 Å². The molecular formula is C16H19N3O4S. The average Bonchev–Trinajstić information content (AvgIpc) is 2.61. The van der Waals surface area contributed by atoms with Gasteiger partial charge in [0.15, 0.2) is 0 Å². The lowest BCUT2D eigenvalue weighted by Crippen LogP contribution is -2.32. The van der Waals surface area contributed by atoms with Crippen molar-refractivity contribution in [2.45, 2.75) is 10.9 Å². The molecule has 1 amide bonds. The third kappa shape index (κ3) is 4.38. The summed E-state index contributed by atoms with van der Waals surface area (Å²) >= 11 is 0. The number of hydrogen-bond donors (Lipinski definition) is 2. The van der Waals surface area contributed by atoms with Crippen LogP contribution >= 0.6 is 0 Å². The van der Waals surface area contributed by atoms with E-state index in [9.17, 15) is 13.2 Å². The molecule has 128 valence electrons. The lowest BCUT2D eigenvalue weighted by molar-refractivity contribution is 0.0963. The monoisotopic (exact) mass is 349 g/mol. The van der Waals surface area contributed by atoms with Gasteiger partial charge in [0.2, 0.25) is 10.0 Å². The molecular weight excluding hydrogens is 330 g/mol. The highest BCUT2D eigenvalue weighted by atomic mass is 32.2. The zero-order valence-corrected chi connectivity index (χ0v) is 14.2. The van der Waals surface area contributed by atoms with Crippen LogP contribution in [-0.2, 0) is 14.8 Å². The maximum absolute atomic E-state index is 12.5. The van der Waals surface area contributed by atoms with Gasteiger partial charge in [0.05, 0.1) is 23.2 Å². The van der Waals surface area contributed by atoms with Crippen molar-refractivity contribution in [1.82, 2.24) is 15.0 Å². The van der Waals surface area contributed by atoms with Crippen molar-refractivity contribution >= 4 is 15.9 Å². The van der Waals surface area contributed by atoms with Gasteiger partial charge in [-0.3, -0.25) is 9.78 Å². The zero-order valence-electron chi connectivity index (χ0n) is 13.4. The summed E-state index contributed by atoms with van der Waals surface area (Å²) in [5, 5.41) is 2.48. The summed E-state index contributed by atoms with van der Waals surface area (Å²) in [6, 6.07) is 10.3. The molecule has 0 fully saturated rings. The van der Waals surface area contributed by atoms with E-state index in [1.165, 1.54) is 38.4 Å². The Bertz CT molecular complexity index is 777. The quantitative estimate of drug-likeness (QED) is 0.780. The van der Waals surface area contributed by atoms with E-state index in [0.717, 1.165) is 0 Å². The van der Waals surface area contributed by atoms with Crippen LogP contribution in [0.25, 0.3) is 0 Å². The van der Waals surface area contributed by atoms with Crippen molar-refractivity contribution in [3.05, 3.63) is 59.9 Å². The Morgan fingerprint density at radius 1 is 1.21 bits per heavy atom. The lowest BCUT2D eigenvalue weighted by atomic mass is 10.2. The van der Waals surface area contributed by atoms with Gasteiger partial charge in [0.1, 0.15) is 0 Å². The van der Waals surface area contributed by atoms with Crippen molar-refractivity contribution in [1.29, 1.82) is 0 Å². The predicted octanol–water partition coefficient (Wildman–Crippen LogP) is 1.11. The molecule has 0 aliphatic carbocycles. The van der Waals surface area contributed by atoms with Gasteiger partial charge < -0.3 is 10.1 Å². The van der Waals surface area contributed by atoms with Crippen molar-refractivity contribution in [3.63, 3.8) is 0 Å². The average molecular weight is 349 g/mol. The molecule has 1 unspecified atom stereocenters. The van der Waals surface area contributed by atoms with Crippen LogP contribution in [0.4, 0.5) is 0 Å². The molecule has 0 radical (unpaired) electrons. The number of sulfonamides is 1. The minimum Gasteiger partial charge on any atom is -0.383 e. The maximum Gasteiger partial charge on any atom is 0.251 e. The van der Waals surface area contributed by atoms with Gasteiger partial charge in [-0.05, 0) is 36.4 Å². The van der Waals surface area contributed by atoms with Crippen LogP contribution in [0.2, 0.25) is 0 Å². The van der Waals surface area contributed by atoms with E-state index in [-0.39, 0.29) is 17.4 Å². The minimum atomic E-state index is -3.78. The maximum atomic E-state index is 12.5. The molecule has 1 atom stereocenters. The van der Waals surface area contributed by atoms with Gasteiger partial charge in [-0.2, -0.15) is 4.72 Å². The molecule has 0 saturated heterocycles. The summed E-state index contributed by atoms with van der Waals surface area (Å²) < 4.78 is 32.8. The molecule has 1 aromatic heterocycles. The Balaban J connectivity index is 2.24. The van der Waals surface area contributed by atoms with Crippen LogP contribution in [0.3, 0.4) is 0 Å². The van der Waals surface area contributed by atoms with Gasteiger partial charge in [0, 0.05) is 25.9 Å². The molecule has 24 heavy (non-hydrogen) atoms. The summed E-state index contributed by atoms with van der Waals surface area (Å²) in [6.07, 6.45) is 1.59. The normalized spacial score (nSPS) is 12.6. The van der Waals surface area contributed by atoms with Crippen molar-refractivity contribution in [2.75, 3.05) is 20.8 Å². The van der Waals surface area contributed by atoms with Crippen LogP contribution < -0.4 is 10.0 Å². The number of pyridine rings is 1. The third-order valence-electron chi connectivity index (χ3n) is 3.33. The number of rotatable bonds is 7. The molecule has 2 N–H and O–H groups in total. The highest BCUT2D eigenvalue weighted by molar-refractivity contribution is 7.89. The highest BCUT2D eigenvalue weighted by Gasteiger charge is 2.22. The smallest absolute Gasteiger partial charge is 0.251 e. The fourth-order valence-electron chi connectivity index (χ4n) is 2.11. The van der Waals surface area contributed by atoms with Crippen LogP contribution in [0, 0.1) is 0 Å². The first kappa shape index (κ1) is 18.1. The zero-order chi connectivity index (χ0) is 17.6. The van der Waals surface area contributed by atoms with Gasteiger partial charge in [-0.25, -0.2) is 8.42 Å². The van der Waals surface area contributed by atoms with Crippen molar-refractivity contribution < 1.29 is 17.9 Å². The molecule has 7 nitrogen and oxygen atoms in total. The summed E-state index contributed by atoms with van der Waals surface area (Å²) in [7, 11) is -0.782.